The van der Waals surface area contributed by atoms with Crippen molar-refractivity contribution >= 4 is 5.82 Å². The van der Waals surface area contributed by atoms with Crippen molar-refractivity contribution in [2.75, 3.05) is 12.4 Å². The Morgan fingerprint density at radius 3 is 2.52 bits per heavy atom. The van der Waals surface area contributed by atoms with Gasteiger partial charge in [0, 0.05) is 11.6 Å². The van der Waals surface area contributed by atoms with E-state index in [0.29, 0.717) is 23.5 Å². The molecule has 25 heavy (non-hydrogen) atoms. The van der Waals surface area contributed by atoms with Gasteiger partial charge >= 0.3 is 0 Å². The molecule has 2 heterocycles. The highest BCUT2D eigenvalue weighted by molar-refractivity contribution is 5.59. The van der Waals surface area contributed by atoms with Crippen LogP contribution in [0.1, 0.15) is 25.7 Å². The quantitative estimate of drug-likeness (QED) is 0.762. The fourth-order valence-electron chi connectivity index (χ4n) is 2.99. The summed E-state index contributed by atoms with van der Waals surface area (Å²) in [5, 5.41) is 15.8. The number of rotatable bonds is 5. The van der Waals surface area contributed by atoms with Crippen LogP contribution in [-0.4, -0.2) is 33.5 Å². The lowest BCUT2D eigenvalue weighted by atomic mass is 10.2. The number of hydrogen-bond acceptors (Lipinski definition) is 7. The summed E-state index contributed by atoms with van der Waals surface area (Å²) in [6.07, 6.45) is 4.94. The maximum absolute atomic E-state index is 5.32. The molecule has 7 heteroatoms. The molecule has 1 N–H and O–H groups in total. The van der Waals surface area contributed by atoms with Crippen LogP contribution in [0, 0.1) is 0 Å². The summed E-state index contributed by atoms with van der Waals surface area (Å²) in [5.74, 6) is 2.42. The Balaban J connectivity index is 1.49. The Bertz CT molecular complexity index is 823. The Morgan fingerprint density at radius 2 is 1.84 bits per heavy atom. The van der Waals surface area contributed by atoms with Crippen molar-refractivity contribution in [3.63, 3.8) is 0 Å². The van der Waals surface area contributed by atoms with E-state index in [1.54, 1.807) is 7.11 Å². The van der Waals surface area contributed by atoms with Gasteiger partial charge in [0.25, 0.3) is 5.89 Å². The molecule has 1 saturated carbocycles. The van der Waals surface area contributed by atoms with Crippen LogP contribution in [0.4, 0.5) is 5.82 Å². The zero-order valence-electron chi connectivity index (χ0n) is 14.0. The molecule has 1 fully saturated rings. The molecule has 3 aromatic rings. The zero-order chi connectivity index (χ0) is 17.1. The molecular weight excluding hydrogens is 318 g/mol. The molecule has 0 radical (unpaired) electrons. The Kier molecular flexibility index (Phi) is 4.28. The van der Waals surface area contributed by atoms with E-state index in [9.17, 15) is 0 Å². The van der Waals surface area contributed by atoms with Crippen LogP contribution in [0.2, 0.25) is 0 Å². The van der Waals surface area contributed by atoms with Crippen molar-refractivity contribution in [3.8, 4) is 28.7 Å². The van der Waals surface area contributed by atoms with Crippen molar-refractivity contribution in [2.24, 2.45) is 0 Å². The van der Waals surface area contributed by atoms with Crippen molar-refractivity contribution < 1.29 is 9.26 Å². The van der Waals surface area contributed by atoms with E-state index >= 15 is 0 Å². The first kappa shape index (κ1) is 15.6. The number of anilines is 1. The molecule has 0 unspecified atom stereocenters. The van der Waals surface area contributed by atoms with Crippen molar-refractivity contribution in [3.05, 3.63) is 36.4 Å². The third-order valence-electron chi connectivity index (χ3n) is 4.37. The summed E-state index contributed by atoms with van der Waals surface area (Å²) in [5.41, 5.74) is 1.41. The number of ether oxygens (including phenoxy) is 1. The molecule has 1 aliphatic carbocycles. The molecule has 7 nitrogen and oxygen atoms in total. The largest absolute Gasteiger partial charge is 0.497 e. The highest BCUT2D eigenvalue weighted by Crippen LogP contribution is 2.24. The first-order chi connectivity index (χ1) is 12.3. The van der Waals surface area contributed by atoms with E-state index < -0.39 is 0 Å². The van der Waals surface area contributed by atoms with Gasteiger partial charge in [-0.15, -0.1) is 10.2 Å². The van der Waals surface area contributed by atoms with Gasteiger partial charge in [-0.25, -0.2) is 0 Å². The standard InChI is InChI=1S/C18H19N5O2/c1-24-14-8-6-12(7-9-14)17-20-18(25-23-17)15-10-11-16(22-21-15)19-13-4-2-3-5-13/h6-11,13H,2-5H2,1H3,(H,19,22). The second kappa shape index (κ2) is 6.88. The van der Waals surface area contributed by atoms with Crippen LogP contribution >= 0.6 is 0 Å². The fourth-order valence-corrected chi connectivity index (χ4v) is 2.99. The van der Waals surface area contributed by atoms with Crippen LogP contribution in [0.15, 0.2) is 40.9 Å². The normalized spacial score (nSPS) is 14.6. The van der Waals surface area contributed by atoms with Crippen LogP contribution in [0.3, 0.4) is 0 Å². The smallest absolute Gasteiger partial charge is 0.278 e. The lowest BCUT2D eigenvalue weighted by molar-refractivity contribution is 0.414. The summed E-state index contributed by atoms with van der Waals surface area (Å²) in [6.45, 7) is 0. The average molecular weight is 337 g/mol. The van der Waals surface area contributed by atoms with Gasteiger partial charge in [-0.1, -0.05) is 18.0 Å². The lowest BCUT2D eigenvalue weighted by Gasteiger charge is -2.11. The molecule has 4 rings (SSSR count). The topological polar surface area (TPSA) is 86.0 Å². The number of hydrogen-bond donors (Lipinski definition) is 1. The SMILES string of the molecule is COc1ccc(-c2noc(-c3ccc(NC4CCCC4)nn3)n2)cc1. The molecule has 0 amide bonds. The van der Waals surface area contributed by atoms with E-state index in [-0.39, 0.29) is 0 Å². The van der Waals surface area contributed by atoms with E-state index in [0.717, 1.165) is 17.1 Å². The summed E-state index contributed by atoms with van der Waals surface area (Å²) in [6, 6.07) is 11.7. The second-order valence-corrected chi connectivity index (χ2v) is 6.08. The molecule has 128 valence electrons. The van der Waals surface area contributed by atoms with Gasteiger partial charge in [-0.2, -0.15) is 4.98 Å². The van der Waals surface area contributed by atoms with Crippen molar-refractivity contribution in [1.82, 2.24) is 20.3 Å². The monoisotopic (exact) mass is 337 g/mol. The predicted molar refractivity (Wildman–Crippen MR) is 93.2 cm³/mol. The minimum absolute atomic E-state index is 0.353. The summed E-state index contributed by atoms with van der Waals surface area (Å²) >= 11 is 0. The van der Waals surface area contributed by atoms with Gasteiger partial charge in [0.15, 0.2) is 5.69 Å². The molecule has 0 saturated heterocycles. The zero-order valence-corrected chi connectivity index (χ0v) is 14.0. The first-order valence-corrected chi connectivity index (χ1v) is 8.40. The fraction of sp³-hybridized carbons (Fsp3) is 0.333. The van der Waals surface area contributed by atoms with Gasteiger partial charge in [0.2, 0.25) is 5.82 Å². The third kappa shape index (κ3) is 3.45. The summed E-state index contributed by atoms with van der Waals surface area (Å²) in [4.78, 5) is 4.40. The van der Waals surface area contributed by atoms with Crippen LogP contribution in [0.25, 0.3) is 23.0 Å². The number of benzene rings is 1. The van der Waals surface area contributed by atoms with Crippen LogP contribution in [-0.2, 0) is 0 Å². The molecule has 1 aromatic carbocycles. The third-order valence-corrected chi connectivity index (χ3v) is 4.37. The number of aromatic nitrogens is 4. The summed E-state index contributed by atoms with van der Waals surface area (Å²) in [7, 11) is 1.63. The number of nitrogens with zero attached hydrogens (tertiary/aromatic N) is 4. The molecule has 0 aliphatic heterocycles. The van der Waals surface area contributed by atoms with E-state index in [1.165, 1.54) is 25.7 Å². The Hall–Kier alpha value is -2.96. The minimum atomic E-state index is 0.353. The lowest BCUT2D eigenvalue weighted by Crippen LogP contribution is -2.15. The first-order valence-electron chi connectivity index (χ1n) is 8.40. The highest BCUT2D eigenvalue weighted by Gasteiger charge is 2.16. The van der Waals surface area contributed by atoms with Gasteiger partial charge in [-0.3, -0.25) is 0 Å². The van der Waals surface area contributed by atoms with E-state index in [2.05, 4.69) is 25.7 Å². The Morgan fingerprint density at radius 1 is 1.04 bits per heavy atom. The Labute approximate surface area is 145 Å². The van der Waals surface area contributed by atoms with Crippen molar-refractivity contribution in [1.29, 1.82) is 0 Å². The molecule has 1 aliphatic rings. The van der Waals surface area contributed by atoms with Gasteiger partial charge < -0.3 is 14.6 Å². The number of methoxy groups -OCH3 is 1. The minimum Gasteiger partial charge on any atom is -0.497 e. The van der Waals surface area contributed by atoms with Crippen LogP contribution < -0.4 is 10.1 Å². The molecule has 0 atom stereocenters. The summed E-state index contributed by atoms with van der Waals surface area (Å²) < 4.78 is 10.5. The highest BCUT2D eigenvalue weighted by atomic mass is 16.5. The number of nitrogens with one attached hydrogen (secondary N) is 1. The maximum Gasteiger partial charge on any atom is 0.278 e. The predicted octanol–water partition coefficient (Wildman–Crippen LogP) is 3.56. The van der Waals surface area contributed by atoms with Gasteiger partial charge in [0.1, 0.15) is 11.6 Å². The van der Waals surface area contributed by atoms with Crippen molar-refractivity contribution in [2.45, 2.75) is 31.7 Å². The van der Waals surface area contributed by atoms with Gasteiger partial charge in [0.05, 0.1) is 7.11 Å². The van der Waals surface area contributed by atoms with Crippen LogP contribution in [0.5, 0.6) is 5.75 Å². The van der Waals surface area contributed by atoms with E-state index in [4.69, 9.17) is 9.26 Å². The molecular formula is C18H19N5O2. The molecule has 0 spiro atoms. The van der Waals surface area contributed by atoms with Gasteiger partial charge in [-0.05, 0) is 49.2 Å². The maximum atomic E-state index is 5.32. The average Bonchev–Trinajstić information content (AvgIpc) is 3.34. The molecule has 2 aromatic heterocycles. The second-order valence-electron chi connectivity index (χ2n) is 6.08. The van der Waals surface area contributed by atoms with E-state index in [1.807, 2.05) is 36.4 Å². The molecule has 0 bridgehead atoms.